The molecule has 1 rings (SSSR count). The molecule has 1 aromatic carbocycles. The number of benzene rings is 1. The molecule has 0 heterocycles. The fourth-order valence-electron chi connectivity index (χ4n) is 0.863. The van der Waals surface area contributed by atoms with E-state index < -0.39 is 0 Å². The van der Waals surface area contributed by atoms with E-state index in [1.54, 1.807) is 0 Å². The van der Waals surface area contributed by atoms with E-state index in [2.05, 4.69) is 31.9 Å². The van der Waals surface area contributed by atoms with Gasteiger partial charge in [0.25, 0.3) is 0 Å². The molecule has 0 saturated carbocycles. The second kappa shape index (κ2) is 3.70. The van der Waals surface area contributed by atoms with Gasteiger partial charge in [0, 0.05) is 8.95 Å². The Kier molecular flexibility index (Phi) is 3.10. The number of hydrogen-bond acceptors (Lipinski definition) is 1. The van der Waals surface area contributed by atoms with Crippen LogP contribution in [0.25, 0.3) is 0 Å². The van der Waals surface area contributed by atoms with E-state index in [-0.39, 0.29) is 6.61 Å². The quantitative estimate of drug-likeness (QED) is 0.838. The molecule has 0 fully saturated rings. The third kappa shape index (κ3) is 2.04. The molecule has 0 bridgehead atoms. The van der Waals surface area contributed by atoms with E-state index in [9.17, 15) is 0 Å². The van der Waals surface area contributed by atoms with Crippen molar-refractivity contribution in [3.05, 3.63) is 32.2 Å². The largest absolute Gasteiger partial charge is 0.392 e. The lowest BCUT2D eigenvalue weighted by Gasteiger charge is -2.04. The Bertz CT molecular complexity index is 271. The van der Waals surface area contributed by atoms with E-state index >= 15 is 0 Å². The highest BCUT2D eigenvalue weighted by Crippen LogP contribution is 2.25. The fourth-order valence-corrected chi connectivity index (χ4v) is 2.18. The molecule has 0 amide bonds. The highest BCUT2D eigenvalue weighted by molar-refractivity contribution is 9.11. The number of aliphatic hydroxyl groups is 1. The Balaban J connectivity index is 3.24. The van der Waals surface area contributed by atoms with Crippen molar-refractivity contribution < 1.29 is 5.11 Å². The zero-order valence-corrected chi connectivity index (χ0v) is 9.24. The lowest BCUT2D eigenvalue weighted by molar-refractivity contribution is 0.281. The standard InChI is InChI=1S/C8H8Br2O/c1-5-6(4-11)2-7(9)3-8(5)10/h2-3,11H,4H2,1H3. The van der Waals surface area contributed by atoms with Gasteiger partial charge in [0.2, 0.25) is 0 Å². The summed E-state index contributed by atoms with van der Waals surface area (Å²) in [6, 6.07) is 3.88. The number of halogens is 2. The van der Waals surface area contributed by atoms with E-state index in [0.717, 1.165) is 20.1 Å². The van der Waals surface area contributed by atoms with Crippen molar-refractivity contribution in [2.45, 2.75) is 13.5 Å². The second-order valence-corrected chi connectivity index (χ2v) is 4.10. The number of aliphatic hydroxyl groups excluding tert-OH is 1. The molecule has 0 saturated heterocycles. The van der Waals surface area contributed by atoms with Crippen LogP contribution in [-0.2, 0) is 6.61 Å². The van der Waals surface area contributed by atoms with E-state index in [1.807, 2.05) is 19.1 Å². The van der Waals surface area contributed by atoms with Gasteiger partial charge in [-0.05, 0) is 30.2 Å². The molecule has 11 heavy (non-hydrogen) atoms. The molecule has 0 aromatic heterocycles. The van der Waals surface area contributed by atoms with Gasteiger partial charge in [0.1, 0.15) is 0 Å². The summed E-state index contributed by atoms with van der Waals surface area (Å²) >= 11 is 6.74. The molecule has 0 aliphatic heterocycles. The van der Waals surface area contributed by atoms with Gasteiger partial charge in [-0.3, -0.25) is 0 Å². The second-order valence-electron chi connectivity index (χ2n) is 2.33. The molecule has 1 N–H and O–H groups in total. The summed E-state index contributed by atoms with van der Waals surface area (Å²) in [5.74, 6) is 0. The van der Waals surface area contributed by atoms with Gasteiger partial charge in [-0.2, -0.15) is 0 Å². The summed E-state index contributed by atoms with van der Waals surface area (Å²) in [6.07, 6.45) is 0. The minimum Gasteiger partial charge on any atom is -0.392 e. The normalized spacial score (nSPS) is 10.2. The van der Waals surface area contributed by atoms with Gasteiger partial charge in [0.15, 0.2) is 0 Å². The summed E-state index contributed by atoms with van der Waals surface area (Å²) in [5, 5.41) is 8.93. The average Bonchev–Trinajstić information content (AvgIpc) is 1.96. The van der Waals surface area contributed by atoms with Gasteiger partial charge in [-0.1, -0.05) is 31.9 Å². The van der Waals surface area contributed by atoms with Crippen molar-refractivity contribution in [3.63, 3.8) is 0 Å². The molecular formula is C8H8Br2O. The topological polar surface area (TPSA) is 20.2 Å². The van der Waals surface area contributed by atoms with Crippen LogP contribution in [0.1, 0.15) is 11.1 Å². The maximum absolute atomic E-state index is 8.93. The molecule has 0 atom stereocenters. The molecular weight excluding hydrogens is 272 g/mol. The Hall–Kier alpha value is 0.140. The molecule has 0 spiro atoms. The molecule has 0 aliphatic rings. The summed E-state index contributed by atoms with van der Waals surface area (Å²) in [5.41, 5.74) is 2.04. The van der Waals surface area contributed by atoms with Crippen molar-refractivity contribution in [2.24, 2.45) is 0 Å². The lowest BCUT2D eigenvalue weighted by Crippen LogP contribution is -1.89. The first-order valence-corrected chi connectivity index (χ1v) is 4.79. The third-order valence-corrected chi connectivity index (χ3v) is 2.87. The smallest absolute Gasteiger partial charge is 0.0685 e. The predicted octanol–water partition coefficient (Wildman–Crippen LogP) is 3.01. The van der Waals surface area contributed by atoms with Gasteiger partial charge in [-0.15, -0.1) is 0 Å². The zero-order chi connectivity index (χ0) is 8.43. The monoisotopic (exact) mass is 278 g/mol. The first-order chi connectivity index (χ1) is 5.15. The molecule has 0 aliphatic carbocycles. The molecule has 3 heteroatoms. The van der Waals surface area contributed by atoms with E-state index in [0.29, 0.717) is 0 Å². The Labute approximate surface area is 82.7 Å². The summed E-state index contributed by atoms with van der Waals surface area (Å²) in [6.45, 7) is 2.06. The molecule has 1 nitrogen and oxygen atoms in total. The van der Waals surface area contributed by atoms with Gasteiger partial charge >= 0.3 is 0 Å². The van der Waals surface area contributed by atoms with Crippen LogP contribution in [-0.4, -0.2) is 5.11 Å². The molecule has 0 radical (unpaired) electrons. The maximum atomic E-state index is 8.93. The highest BCUT2D eigenvalue weighted by atomic mass is 79.9. The summed E-state index contributed by atoms with van der Waals surface area (Å²) in [4.78, 5) is 0. The van der Waals surface area contributed by atoms with Crippen molar-refractivity contribution >= 4 is 31.9 Å². The van der Waals surface area contributed by atoms with Gasteiger partial charge in [0.05, 0.1) is 6.61 Å². The van der Waals surface area contributed by atoms with Crippen LogP contribution in [0, 0.1) is 6.92 Å². The zero-order valence-electron chi connectivity index (χ0n) is 6.06. The SMILES string of the molecule is Cc1c(Br)cc(Br)cc1CO. The van der Waals surface area contributed by atoms with Crippen LogP contribution in [0.5, 0.6) is 0 Å². The van der Waals surface area contributed by atoms with Crippen molar-refractivity contribution in [2.75, 3.05) is 0 Å². The highest BCUT2D eigenvalue weighted by Gasteiger charge is 2.02. The number of hydrogen-bond donors (Lipinski definition) is 1. The Morgan fingerprint density at radius 2 is 2.00 bits per heavy atom. The summed E-state index contributed by atoms with van der Waals surface area (Å²) in [7, 11) is 0. The van der Waals surface area contributed by atoms with Crippen LogP contribution >= 0.6 is 31.9 Å². The predicted molar refractivity (Wildman–Crippen MR) is 52.5 cm³/mol. The summed E-state index contributed by atoms with van der Waals surface area (Å²) < 4.78 is 2.01. The average molecular weight is 280 g/mol. The first-order valence-electron chi connectivity index (χ1n) is 3.20. The van der Waals surface area contributed by atoms with Crippen molar-refractivity contribution in [1.29, 1.82) is 0 Å². The van der Waals surface area contributed by atoms with E-state index in [4.69, 9.17) is 5.11 Å². The first kappa shape index (κ1) is 9.23. The lowest BCUT2D eigenvalue weighted by atomic mass is 10.1. The van der Waals surface area contributed by atoms with Crippen LogP contribution < -0.4 is 0 Å². The molecule has 0 unspecified atom stereocenters. The van der Waals surface area contributed by atoms with Crippen LogP contribution in [0.3, 0.4) is 0 Å². The van der Waals surface area contributed by atoms with Crippen LogP contribution in [0.2, 0.25) is 0 Å². The minimum absolute atomic E-state index is 0.0872. The fraction of sp³-hybridized carbons (Fsp3) is 0.250. The van der Waals surface area contributed by atoms with Gasteiger partial charge < -0.3 is 5.11 Å². The Morgan fingerprint density at radius 1 is 1.36 bits per heavy atom. The van der Waals surface area contributed by atoms with Crippen LogP contribution in [0.4, 0.5) is 0 Å². The van der Waals surface area contributed by atoms with Crippen molar-refractivity contribution in [3.8, 4) is 0 Å². The number of rotatable bonds is 1. The van der Waals surface area contributed by atoms with Crippen LogP contribution in [0.15, 0.2) is 21.1 Å². The minimum atomic E-state index is 0.0872. The van der Waals surface area contributed by atoms with Crippen molar-refractivity contribution in [1.82, 2.24) is 0 Å². The maximum Gasteiger partial charge on any atom is 0.0685 e. The van der Waals surface area contributed by atoms with Gasteiger partial charge in [-0.25, -0.2) is 0 Å². The Morgan fingerprint density at radius 3 is 2.55 bits per heavy atom. The third-order valence-electron chi connectivity index (χ3n) is 1.59. The molecule has 60 valence electrons. The van der Waals surface area contributed by atoms with E-state index in [1.165, 1.54) is 0 Å². The molecule has 1 aromatic rings.